The molecule has 0 unspecified atom stereocenters. The van der Waals surface area contributed by atoms with Gasteiger partial charge in [-0.15, -0.1) is 0 Å². The van der Waals surface area contributed by atoms with Crippen LogP contribution in [0.5, 0.6) is 5.75 Å². The molecule has 0 spiro atoms. The lowest BCUT2D eigenvalue weighted by molar-refractivity contribution is -0.120. The van der Waals surface area contributed by atoms with Gasteiger partial charge in [0.2, 0.25) is 15.9 Å². The van der Waals surface area contributed by atoms with Gasteiger partial charge in [-0.2, -0.15) is 0 Å². The molecule has 1 heterocycles. The van der Waals surface area contributed by atoms with E-state index < -0.39 is 22.2 Å². The van der Waals surface area contributed by atoms with Gasteiger partial charge in [-0.05, 0) is 64.2 Å². The van der Waals surface area contributed by atoms with Crippen molar-refractivity contribution in [2.75, 3.05) is 44.9 Å². The van der Waals surface area contributed by atoms with Crippen molar-refractivity contribution in [3.63, 3.8) is 0 Å². The number of fused-ring (bicyclic) bond motifs is 1. The number of benzene rings is 1. The molecule has 1 aromatic carbocycles. The number of carbonyl (C=O) groups is 2. The first-order chi connectivity index (χ1) is 19.4. The van der Waals surface area contributed by atoms with Crippen LogP contribution in [0.2, 0.25) is 0 Å². The minimum absolute atomic E-state index is 0.0295. The Morgan fingerprint density at radius 3 is 2.49 bits per heavy atom. The molecule has 2 N–H and O–H groups in total. The van der Waals surface area contributed by atoms with E-state index in [4.69, 9.17) is 9.47 Å². The van der Waals surface area contributed by atoms with Gasteiger partial charge >= 0.3 is 0 Å². The number of anilines is 1. The van der Waals surface area contributed by atoms with E-state index in [2.05, 4.69) is 5.32 Å². The summed E-state index contributed by atoms with van der Waals surface area (Å²) in [6, 6.07) is 4.67. The molecule has 1 aliphatic heterocycles. The van der Waals surface area contributed by atoms with Gasteiger partial charge in [0.15, 0.2) is 0 Å². The third kappa shape index (κ3) is 9.66. The first kappa shape index (κ1) is 33.3. The fourth-order valence-corrected chi connectivity index (χ4v) is 5.88. The maximum atomic E-state index is 14.2. The number of ether oxygens (including phenoxy) is 2. The van der Waals surface area contributed by atoms with Gasteiger partial charge in [0.1, 0.15) is 5.75 Å². The molecule has 0 radical (unpaired) electrons. The Hall–Kier alpha value is -2.21. The van der Waals surface area contributed by atoms with Crippen molar-refractivity contribution in [1.82, 2.24) is 9.21 Å². The van der Waals surface area contributed by atoms with Crippen molar-refractivity contribution in [3.8, 4) is 5.75 Å². The number of amides is 2. The molecule has 2 amide bonds. The fourth-order valence-electron chi connectivity index (χ4n) is 5.46. The molecule has 4 atom stereocenters. The Bertz CT molecular complexity index is 1120. The van der Waals surface area contributed by atoms with Gasteiger partial charge < -0.3 is 24.8 Å². The van der Waals surface area contributed by atoms with E-state index in [9.17, 15) is 23.1 Å². The highest BCUT2D eigenvalue weighted by Crippen LogP contribution is 2.30. The summed E-state index contributed by atoms with van der Waals surface area (Å²) in [5.41, 5.74) is 0.847. The summed E-state index contributed by atoms with van der Waals surface area (Å²) < 4.78 is 38.0. The average Bonchev–Trinajstić information content (AvgIpc) is 2.94. The minimum Gasteiger partial charge on any atom is -0.490 e. The number of aliphatic hydroxyl groups excluding tert-OH is 1. The summed E-state index contributed by atoms with van der Waals surface area (Å²) in [7, 11) is -1.90. The van der Waals surface area contributed by atoms with Crippen LogP contribution in [0.25, 0.3) is 0 Å². The Morgan fingerprint density at radius 2 is 1.83 bits per heavy atom. The summed E-state index contributed by atoms with van der Waals surface area (Å²) in [5, 5.41) is 13.1. The monoisotopic (exact) mass is 595 g/mol. The largest absolute Gasteiger partial charge is 0.490 e. The Balaban J connectivity index is 1.95. The molecule has 11 heteroatoms. The highest BCUT2D eigenvalue weighted by Gasteiger charge is 2.31. The van der Waals surface area contributed by atoms with Gasteiger partial charge in [-0.25, -0.2) is 12.7 Å². The second-order valence-corrected chi connectivity index (χ2v) is 14.0. The van der Waals surface area contributed by atoms with E-state index in [0.29, 0.717) is 23.6 Å². The van der Waals surface area contributed by atoms with E-state index in [1.54, 1.807) is 30.0 Å². The first-order valence-corrected chi connectivity index (χ1v) is 16.8. The van der Waals surface area contributed by atoms with Crippen molar-refractivity contribution >= 4 is 27.5 Å². The molecule has 1 aliphatic carbocycles. The van der Waals surface area contributed by atoms with Gasteiger partial charge in [0, 0.05) is 44.3 Å². The van der Waals surface area contributed by atoms with E-state index in [-0.39, 0.29) is 49.5 Å². The summed E-state index contributed by atoms with van der Waals surface area (Å²) in [6.45, 7) is 6.25. The third-order valence-electron chi connectivity index (χ3n) is 8.30. The van der Waals surface area contributed by atoms with Crippen LogP contribution in [0.15, 0.2) is 18.2 Å². The standard InChI is InChI=1S/C30H49N3O7S/c1-21-18-33(22(2)20-34)30(36)26-17-25(31-29(35)24-12-7-6-8-13-24)14-15-27(26)40-23(3)11-9-10-16-39-28(21)19-32(4)41(5,37)38/h14-15,17,21-24,28,34H,6-13,16,18-20H2,1-5H3,(H,31,35)/t21-,22+,23+,28+/m0/s1. The van der Waals surface area contributed by atoms with Crippen LogP contribution in [-0.2, 0) is 19.6 Å². The second-order valence-electron chi connectivity index (χ2n) is 11.9. The molecule has 232 valence electrons. The SMILES string of the molecule is C[C@@H]1CCCCO[C@H](CN(C)S(C)(=O)=O)[C@@H](C)CN([C@H](C)CO)C(=O)c2cc(NC(=O)C3CCCCC3)ccc2O1. The Morgan fingerprint density at radius 1 is 1.15 bits per heavy atom. The van der Waals surface area contributed by atoms with Crippen LogP contribution in [0, 0.1) is 11.8 Å². The number of nitrogens with zero attached hydrogens (tertiary/aromatic N) is 2. The Labute approximate surface area is 245 Å². The topological polar surface area (TPSA) is 125 Å². The number of rotatable bonds is 7. The molecule has 2 aliphatic rings. The first-order valence-electron chi connectivity index (χ1n) is 15.0. The lowest BCUT2D eigenvalue weighted by Crippen LogP contribution is -2.47. The third-order valence-corrected chi connectivity index (χ3v) is 9.58. The normalized spacial score (nSPS) is 24.7. The highest BCUT2D eigenvalue weighted by atomic mass is 32.2. The van der Waals surface area contributed by atoms with E-state index in [1.165, 1.54) is 11.4 Å². The maximum absolute atomic E-state index is 14.2. The summed E-state index contributed by atoms with van der Waals surface area (Å²) in [6.07, 6.45) is 7.90. The zero-order chi connectivity index (χ0) is 30.2. The number of hydrogen-bond acceptors (Lipinski definition) is 7. The summed E-state index contributed by atoms with van der Waals surface area (Å²) in [5.74, 6) is -0.198. The van der Waals surface area contributed by atoms with E-state index >= 15 is 0 Å². The van der Waals surface area contributed by atoms with Crippen molar-refractivity contribution in [3.05, 3.63) is 23.8 Å². The number of aliphatic hydroxyl groups is 1. The molecule has 1 aromatic rings. The number of nitrogens with one attached hydrogen (secondary N) is 1. The van der Waals surface area contributed by atoms with Gasteiger partial charge in [-0.3, -0.25) is 9.59 Å². The van der Waals surface area contributed by atoms with Crippen LogP contribution < -0.4 is 10.1 Å². The van der Waals surface area contributed by atoms with Crippen molar-refractivity contribution in [2.24, 2.45) is 11.8 Å². The van der Waals surface area contributed by atoms with Crippen LogP contribution in [-0.4, -0.2) is 92.4 Å². The molecule has 0 bridgehead atoms. The van der Waals surface area contributed by atoms with Crippen molar-refractivity contribution in [1.29, 1.82) is 0 Å². The van der Waals surface area contributed by atoms with Crippen LogP contribution >= 0.6 is 0 Å². The molecule has 41 heavy (non-hydrogen) atoms. The number of likely N-dealkylation sites (N-methyl/N-ethyl adjacent to an activating group) is 1. The van der Waals surface area contributed by atoms with Gasteiger partial charge in [-0.1, -0.05) is 26.2 Å². The smallest absolute Gasteiger partial charge is 0.258 e. The predicted octanol–water partition coefficient (Wildman–Crippen LogP) is 3.89. The maximum Gasteiger partial charge on any atom is 0.258 e. The van der Waals surface area contributed by atoms with Gasteiger partial charge in [0.25, 0.3) is 5.91 Å². The zero-order valence-corrected chi connectivity index (χ0v) is 26.1. The van der Waals surface area contributed by atoms with Crippen molar-refractivity contribution in [2.45, 2.75) is 90.4 Å². The molecule has 0 aromatic heterocycles. The molecule has 0 saturated heterocycles. The summed E-state index contributed by atoms with van der Waals surface area (Å²) in [4.78, 5) is 28.7. The number of sulfonamides is 1. The quantitative estimate of drug-likeness (QED) is 0.490. The number of carbonyl (C=O) groups excluding carboxylic acids is 2. The molecule has 1 saturated carbocycles. The lowest BCUT2D eigenvalue weighted by Gasteiger charge is -2.35. The lowest BCUT2D eigenvalue weighted by atomic mass is 9.88. The van der Waals surface area contributed by atoms with Crippen LogP contribution in [0.3, 0.4) is 0 Å². The zero-order valence-electron chi connectivity index (χ0n) is 25.3. The molecule has 3 rings (SSSR count). The highest BCUT2D eigenvalue weighted by molar-refractivity contribution is 7.88. The van der Waals surface area contributed by atoms with Crippen LogP contribution in [0.4, 0.5) is 5.69 Å². The molecule has 10 nitrogen and oxygen atoms in total. The average molecular weight is 596 g/mol. The molecule has 1 fully saturated rings. The Kier molecular flexibility index (Phi) is 12.4. The fraction of sp³-hybridized carbons (Fsp3) is 0.733. The van der Waals surface area contributed by atoms with Gasteiger partial charge in [0.05, 0.1) is 36.7 Å². The van der Waals surface area contributed by atoms with E-state index in [1.807, 2.05) is 13.8 Å². The molecular formula is C30H49N3O7S. The summed E-state index contributed by atoms with van der Waals surface area (Å²) >= 11 is 0. The number of hydrogen-bond donors (Lipinski definition) is 2. The van der Waals surface area contributed by atoms with Crippen molar-refractivity contribution < 1.29 is 32.6 Å². The predicted molar refractivity (Wildman–Crippen MR) is 160 cm³/mol. The molecular weight excluding hydrogens is 546 g/mol. The minimum atomic E-state index is -3.42. The second kappa shape index (κ2) is 15.3. The van der Waals surface area contributed by atoms with E-state index in [0.717, 1.165) is 57.6 Å². The van der Waals surface area contributed by atoms with Crippen LogP contribution in [0.1, 0.15) is 82.5 Å².